The lowest BCUT2D eigenvalue weighted by Gasteiger charge is -2.16. The van der Waals surface area contributed by atoms with Crippen molar-refractivity contribution in [3.63, 3.8) is 0 Å². The van der Waals surface area contributed by atoms with Crippen LogP contribution in [0.15, 0.2) is 42.7 Å². The van der Waals surface area contributed by atoms with Crippen LogP contribution < -0.4 is 15.4 Å². The van der Waals surface area contributed by atoms with E-state index in [4.69, 9.17) is 4.74 Å². The molecule has 1 atom stereocenters. The molecule has 6 rings (SSSR count). The number of hydrogen-bond acceptors (Lipinski definition) is 6. The molecular formula is C27H25FN6O. The molecule has 0 amide bonds. The number of nitrogens with zero attached hydrogens (tertiary/aromatic N) is 4. The van der Waals surface area contributed by atoms with E-state index in [9.17, 15) is 9.65 Å². The SMILES string of the molecule is Cc1cc([C@H]2CCCN2)ccc1-c1cnc(NCc2c(F)ccc3c2CCO3)n2cc(C#N)nc12. The quantitative estimate of drug-likeness (QED) is 0.442. The number of imidazole rings is 1. The number of aryl methyl sites for hydroxylation is 1. The Kier molecular flexibility index (Phi) is 5.34. The van der Waals surface area contributed by atoms with E-state index in [0.717, 1.165) is 41.0 Å². The summed E-state index contributed by atoms with van der Waals surface area (Å²) in [6.45, 7) is 3.95. The van der Waals surface area contributed by atoms with E-state index < -0.39 is 0 Å². The number of hydrogen-bond donors (Lipinski definition) is 2. The van der Waals surface area contributed by atoms with Crippen LogP contribution in [-0.4, -0.2) is 27.5 Å². The maximum Gasteiger partial charge on any atom is 0.208 e. The van der Waals surface area contributed by atoms with Crippen LogP contribution in [0.5, 0.6) is 5.75 Å². The molecular weight excluding hydrogens is 443 g/mol. The third kappa shape index (κ3) is 3.78. The fourth-order valence-corrected chi connectivity index (χ4v) is 5.20. The van der Waals surface area contributed by atoms with Gasteiger partial charge in [0.2, 0.25) is 5.95 Å². The first-order valence-electron chi connectivity index (χ1n) is 11.9. The van der Waals surface area contributed by atoms with Crippen LogP contribution in [-0.2, 0) is 13.0 Å². The van der Waals surface area contributed by atoms with Gasteiger partial charge in [-0.05, 0) is 55.1 Å². The third-order valence-corrected chi connectivity index (χ3v) is 6.97. The predicted molar refractivity (Wildman–Crippen MR) is 131 cm³/mol. The number of fused-ring (bicyclic) bond motifs is 2. The second kappa shape index (κ2) is 8.67. The van der Waals surface area contributed by atoms with Gasteiger partial charge in [0, 0.05) is 41.9 Å². The van der Waals surface area contributed by atoms with Crippen LogP contribution in [0.25, 0.3) is 16.8 Å². The number of halogens is 1. The summed E-state index contributed by atoms with van der Waals surface area (Å²) in [5, 5.41) is 16.3. The highest BCUT2D eigenvalue weighted by molar-refractivity contribution is 5.80. The first-order chi connectivity index (χ1) is 17.1. The summed E-state index contributed by atoms with van der Waals surface area (Å²) in [5.74, 6) is 0.960. The van der Waals surface area contributed by atoms with Gasteiger partial charge in [-0.1, -0.05) is 18.2 Å². The van der Waals surface area contributed by atoms with Crippen molar-refractivity contribution in [1.29, 1.82) is 5.26 Å². The van der Waals surface area contributed by atoms with Crippen LogP contribution in [0.3, 0.4) is 0 Å². The highest BCUT2D eigenvalue weighted by Crippen LogP contribution is 2.33. The molecule has 1 saturated heterocycles. The number of anilines is 1. The molecule has 0 spiro atoms. The second-order valence-corrected chi connectivity index (χ2v) is 9.10. The zero-order chi connectivity index (χ0) is 23.9. The molecule has 2 aliphatic heterocycles. The Morgan fingerprint density at radius 3 is 3.00 bits per heavy atom. The first kappa shape index (κ1) is 21.6. The number of aromatic nitrogens is 3. The summed E-state index contributed by atoms with van der Waals surface area (Å²) in [6.07, 6.45) is 6.46. The third-order valence-electron chi connectivity index (χ3n) is 6.97. The van der Waals surface area contributed by atoms with Crippen LogP contribution in [0.2, 0.25) is 0 Å². The zero-order valence-corrected chi connectivity index (χ0v) is 19.4. The molecule has 176 valence electrons. The standard InChI is InChI=1S/C27H25FN6O/c1-16-11-17(24-3-2-9-30-24)4-5-19(16)22-14-32-27(34-15-18(12-29)33-26(22)34)31-13-21-20-8-10-35-25(20)7-6-23(21)28/h4-7,11,14-15,24,30H,2-3,8-10,13H2,1H3,(H,31,32)/t24-/m1/s1. The van der Waals surface area contributed by atoms with Crippen molar-refractivity contribution in [2.24, 2.45) is 0 Å². The monoisotopic (exact) mass is 468 g/mol. The first-order valence-corrected chi connectivity index (χ1v) is 11.9. The minimum absolute atomic E-state index is 0.252. The Bertz CT molecular complexity index is 1480. The fraction of sp³-hybridized carbons (Fsp3) is 0.296. The van der Waals surface area contributed by atoms with Crippen molar-refractivity contribution in [1.82, 2.24) is 19.7 Å². The smallest absolute Gasteiger partial charge is 0.208 e. The Morgan fingerprint density at radius 1 is 1.29 bits per heavy atom. The van der Waals surface area contributed by atoms with E-state index >= 15 is 0 Å². The number of nitriles is 1. The molecule has 7 nitrogen and oxygen atoms in total. The highest BCUT2D eigenvalue weighted by atomic mass is 19.1. The van der Waals surface area contributed by atoms with Gasteiger partial charge in [-0.15, -0.1) is 0 Å². The van der Waals surface area contributed by atoms with E-state index in [1.165, 1.54) is 18.1 Å². The topological polar surface area (TPSA) is 87.3 Å². The van der Waals surface area contributed by atoms with Crippen LogP contribution >= 0.6 is 0 Å². The predicted octanol–water partition coefficient (Wildman–Crippen LogP) is 4.69. The Balaban J connectivity index is 1.36. The van der Waals surface area contributed by atoms with Crippen molar-refractivity contribution in [3.05, 3.63) is 76.5 Å². The lowest BCUT2D eigenvalue weighted by atomic mass is 9.96. The number of ether oxygens (including phenoxy) is 1. The average molecular weight is 469 g/mol. The molecule has 2 aliphatic rings. The largest absolute Gasteiger partial charge is 0.493 e. The van der Waals surface area contributed by atoms with Gasteiger partial charge < -0.3 is 15.4 Å². The molecule has 0 aliphatic carbocycles. The Labute approximate surface area is 202 Å². The molecule has 4 aromatic rings. The summed E-state index contributed by atoms with van der Waals surface area (Å²) in [6, 6.07) is 12.1. The van der Waals surface area contributed by atoms with E-state index in [0.29, 0.717) is 41.9 Å². The van der Waals surface area contributed by atoms with Crippen molar-refractivity contribution in [2.45, 2.75) is 38.8 Å². The molecule has 8 heteroatoms. The van der Waals surface area contributed by atoms with E-state index in [2.05, 4.69) is 51.8 Å². The summed E-state index contributed by atoms with van der Waals surface area (Å²) in [7, 11) is 0. The molecule has 35 heavy (non-hydrogen) atoms. The molecule has 2 N–H and O–H groups in total. The maximum absolute atomic E-state index is 14.6. The van der Waals surface area contributed by atoms with Gasteiger partial charge in [-0.3, -0.25) is 4.40 Å². The molecule has 0 unspecified atom stereocenters. The van der Waals surface area contributed by atoms with Gasteiger partial charge in [-0.2, -0.15) is 5.26 Å². The molecule has 0 radical (unpaired) electrons. The molecule has 2 aromatic carbocycles. The molecule has 0 bridgehead atoms. The number of nitrogens with one attached hydrogen (secondary N) is 2. The van der Waals surface area contributed by atoms with Gasteiger partial charge >= 0.3 is 0 Å². The van der Waals surface area contributed by atoms with Crippen molar-refractivity contribution in [3.8, 4) is 22.9 Å². The number of rotatable bonds is 5. The minimum atomic E-state index is -0.273. The van der Waals surface area contributed by atoms with Gasteiger partial charge in [0.25, 0.3) is 0 Å². The summed E-state index contributed by atoms with van der Waals surface area (Å²) in [4.78, 5) is 9.20. The van der Waals surface area contributed by atoms with Gasteiger partial charge in [-0.25, -0.2) is 14.4 Å². The lowest BCUT2D eigenvalue weighted by Crippen LogP contribution is -2.13. The van der Waals surface area contributed by atoms with E-state index in [1.807, 2.05) is 0 Å². The summed E-state index contributed by atoms with van der Waals surface area (Å²) >= 11 is 0. The fourth-order valence-electron chi connectivity index (χ4n) is 5.20. The van der Waals surface area contributed by atoms with E-state index in [1.54, 1.807) is 22.9 Å². The molecule has 2 aromatic heterocycles. The van der Waals surface area contributed by atoms with Crippen LogP contribution in [0, 0.1) is 24.1 Å². The van der Waals surface area contributed by atoms with Crippen molar-refractivity contribution >= 4 is 11.6 Å². The van der Waals surface area contributed by atoms with Crippen molar-refractivity contribution < 1.29 is 9.13 Å². The van der Waals surface area contributed by atoms with Gasteiger partial charge in [0.1, 0.15) is 17.6 Å². The number of benzene rings is 2. The maximum atomic E-state index is 14.6. The minimum Gasteiger partial charge on any atom is -0.493 e. The van der Waals surface area contributed by atoms with Crippen LogP contribution in [0.1, 0.15) is 46.8 Å². The average Bonchev–Trinajstić information content (AvgIpc) is 3.64. The Hall–Kier alpha value is -3.96. The molecule has 1 fully saturated rings. The Morgan fingerprint density at radius 2 is 2.20 bits per heavy atom. The van der Waals surface area contributed by atoms with Crippen molar-refractivity contribution in [2.75, 3.05) is 18.5 Å². The van der Waals surface area contributed by atoms with Gasteiger partial charge in [0.05, 0.1) is 12.8 Å². The zero-order valence-electron chi connectivity index (χ0n) is 19.4. The molecule has 0 saturated carbocycles. The summed E-state index contributed by atoms with van der Waals surface area (Å²) in [5.41, 5.74) is 6.68. The normalized spacial score (nSPS) is 16.8. The second-order valence-electron chi connectivity index (χ2n) is 9.10. The van der Waals surface area contributed by atoms with Gasteiger partial charge in [0.15, 0.2) is 11.3 Å². The summed E-state index contributed by atoms with van der Waals surface area (Å²) < 4.78 is 22.0. The lowest BCUT2D eigenvalue weighted by molar-refractivity contribution is 0.356. The molecule has 4 heterocycles. The van der Waals surface area contributed by atoms with E-state index in [-0.39, 0.29) is 12.4 Å². The van der Waals surface area contributed by atoms with Crippen LogP contribution in [0.4, 0.5) is 10.3 Å². The highest BCUT2D eigenvalue weighted by Gasteiger charge is 2.21.